The number of rotatable bonds is 8. The lowest BCUT2D eigenvalue weighted by Crippen LogP contribution is -2.23. The number of ether oxygens (including phenoxy) is 1. The Bertz CT molecular complexity index is 689. The van der Waals surface area contributed by atoms with E-state index in [0.717, 1.165) is 43.9 Å². The summed E-state index contributed by atoms with van der Waals surface area (Å²) in [6.07, 6.45) is 4.71. The molecule has 0 saturated carbocycles. The van der Waals surface area contributed by atoms with Gasteiger partial charge < -0.3 is 15.0 Å². The van der Waals surface area contributed by atoms with Crippen LogP contribution in [0.1, 0.15) is 48.5 Å². The summed E-state index contributed by atoms with van der Waals surface area (Å²) in [6, 6.07) is 15.8. The molecule has 1 N–H and O–H groups in total. The van der Waals surface area contributed by atoms with Gasteiger partial charge in [0.25, 0.3) is 5.91 Å². The zero-order valence-corrected chi connectivity index (χ0v) is 15.5. The summed E-state index contributed by atoms with van der Waals surface area (Å²) in [4.78, 5) is 14.7. The van der Waals surface area contributed by atoms with Gasteiger partial charge in [-0.3, -0.25) is 4.79 Å². The summed E-state index contributed by atoms with van der Waals surface area (Å²) < 4.78 is 5.63. The second kappa shape index (κ2) is 9.27. The Morgan fingerprint density at radius 2 is 1.73 bits per heavy atom. The third-order valence-corrected chi connectivity index (χ3v) is 4.74. The number of carbonyl (C=O) groups excluding carboxylic acids is 1. The van der Waals surface area contributed by atoms with E-state index in [9.17, 15) is 4.79 Å². The maximum absolute atomic E-state index is 12.3. The van der Waals surface area contributed by atoms with E-state index in [1.165, 1.54) is 18.5 Å². The van der Waals surface area contributed by atoms with Crippen molar-refractivity contribution in [3.63, 3.8) is 0 Å². The monoisotopic (exact) mass is 352 g/mol. The molecule has 1 fully saturated rings. The molecule has 0 unspecified atom stereocenters. The number of unbranched alkanes of at least 4 members (excludes halogenated alkanes) is 1. The van der Waals surface area contributed by atoms with Crippen molar-refractivity contribution in [3.05, 3.63) is 59.7 Å². The van der Waals surface area contributed by atoms with Crippen LogP contribution in [0.15, 0.2) is 48.5 Å². The van der Waals surface area contributed by atoms with E-state index in [1.807, 2.05) is 24.3 Å². The zero-order chi connectivity index (χ0) is 18.2. The minimum absolute atomic E-state index is 0.0614. The largest absolute Gasteiger partial charge is 0.494 e. The number of carbonyl (C=O) groups is 1. The molecule has 3 rings (SSSR count). The van der Waals surface area contributed by atoms with Crippen molar-refractivity contribution in [2.45, 2.75) is 39.2 Å². The van der Waals surface area contributed by atoms with Crippen molar-refractivity contribution in [1.82, 2.24) is 5.32 Å². The number of hydrogen-bond acceptors (Lipinski definition) is 3. The van der Waals surface area contributed by atoms with Crippen molar-refractivity contribution in [3.8, 4) is 5.75 Å². The van der Waals surface area contributed by atoms with Crippen molar-refractivity contribution in [1.29, 1.82) is 0 Å². The molecule has 1 heterocycles. The highest BCUT2D eigenvalue weighted by Crippen LogP contribution is 2.20. The van der Waals surface area contributed by atoms with Crippen LogP contribution < -0.4 is 15.0 Å². The first-order chi connectivity index (χ1) is 12.8. The van der Waals surface area contributed by atoms with Crippen molar-refractivity contribution in [2.75, 3.05) is 24.6 Å². The summed E-state index contributed by atoms with van der Waals surface area (Å²) in [5, 5.41) is 2.98. The standard InChI is InChI=1S/C22H28N2O2/c1-2-3-16-26-21-12-8-19(9-13-21)22(25)23-17-18-6-10-20(11-7-18)24-14-4-5-15-24/h6-13H,2-5,14-17H2,1H3,(H,23,25). The Morgan fingerprint density at radius 1 is 1.04 bits per heavy atom. The van der Waals surface area contributed by atoms with E-state index in [0.29, 0.717) is 12.1 Å². The van der Waals surface area contributed by atoms with Gasteiger partial charge in [-0.25, -0.2) is 0 Å². The lowest BCUT2D eigenvalue weighted by Gasteiger charge is -2.17. The summed E-state index contributed by atoms with van der Waals surface area (Å²) in [5.41, 5.74) is 3.04. The normalized spacial score (nSPS) is 13.7. The summed E-state index contributed by atoms with van der Waals surface area (Å²) in [7, 11) is 0. The number of amides is 1. The third-order valence-electron chi connectivity index (χ3n) is 4.74. The van der Waals surface area contributed by atoms with Gasteiger partial charge in [-0.1, -0.05) is 25.5 Å². The predicted octanol–water partition coefficient (Wildman–Crippen LogP) is 4.40. The molecule has 0 bridgehead atoms. The van der Waals surface area contributed by atoms with E-state index in [2.05, 4.69) is 41.4 Å². The predicted molar refractivity (Wildman–Crippen MR) is 106 cm³/mol. The molecule has 26 heavy (non-hydrogen) atoms. The number of anilines is 1. The molecule has 4 nitrogen and oxygen atoms in total. The zero-order valence-electron chi connectivity index (χ0n) is 15.5. The van der Waals surface area contributed by atoms with E-state index < -0.39 is 0 Å². The molecule has 0 aliphatic carbocycles. The van der Waals surface area contributed by atoms with Gasteiger partial charge in [-0.2, -0.15) is 0 Å². The topological polar surface area (TPSA) is 41.6 Å². The SMILES string of the molecule is CCCCOc1ccc(C(=O)NCc2ccc(N3CCCC3)cc2)cc1. The van der Waals surface area contributed by atoms with Crippen LogP contribution in [0.4, 0.5) is 5.69 Å². The fraction of sp³-hybridized carbons (Fsp3) is 0.409. The smallest absolute Gasteiger partial charge is 0.251 e. The van der Waals surface area contributed by atoms with Gasteiger partial charge in [0.1, 0.15) is 5.75 Å². The number of nitrogens with one attached hydrogen (secondary N) is 1. The first kappa shape index (κ1) is 18.3. The molecule has 1 saturated heterocycles. The molecule has 0 spiro atoms. The van der Waals surface area contributed by atoms with Gasteiger partial charge in [0, 0.05) is 30.9 Å². The summed E-state index contributed by atoms with van der Waals surface area (Å²) in [5.74, 6) is 0.751. The van der Waals surface area contributed by atoms with Crippen LogP contribution in [0.3, 0.4) is 0 Å². The van der Waals surface area contributed by atoms with Crippen LogP contribution in [-0.4, -0.2) is 25.6 Å². The number of hydrogen-bond donors (Lipinski definition) is 1. The summed E-state index contributed by atoms with van der Waals surface area (Å²) >= 11 is 0. The van der Waals surface area contributed by atoms with Crippen LogP contribution in [0, 0.1) is 0 Å². The van der Waals surface area contributed by atoms with Crippen LogP contribution in [-0.2, 0) is 6.54 Å². The molecule has 1 amide bonds. The maximum Gasteiger partial charge on any atom is 0.251 e. The molecule has 2 aromatic carbocycles. The van der Waals surface area contributed by atoms with Gasteiger partial charge in [-0.05, 0) is 61.2 Å². The number of benzene rings is 2. The van der Waals surface area contributed by atoms with Crippen molar-refractivity contribution < 1.29 is 9.53 Å². The highest BCUT2D eigenvalue weighted by Gasteiger charge is 2.12. The van der Waals surface area contributed by atoms with Crippen LogP contribution in [0.25, 0.3) is 0 Å². The van der Waals surface area contributed by atoms with Crippen molar-refractivity contribution >= 4 is 11.6 Å². The molecule has 138 valence electrons. The van der Waals surface area contributed by atoms with Gasteiger partial charge in [0.05, 0.1) is 6.61 Å². The average molecular weight is 352 g/mol. The van der Waals surface area contributed by atoms with Crippen LogP contribution in [0.2, 0.25) is 0 Å². The van der Waals surface area contributed by atoms with Gasteiger partial charge in [0.15, 0.2) is 0 Å². The van der Waals surface area contributed by atoms with E-state index >= 15 is 0 Å². The molecule has 2 aromatic rings. The van der Waals surface area contributed by atoms with E-state index in [4.69, 9.17) is 4.74 Å². The van der Waals surface area contributed by atoms with Gasteiger partial charge in [-0.15, -0.1) is 0 Å². The van der Waals surface area contributed by atoms with Crippen molar-refractivity contribution in [2.24, 2.45) is 0 Å². The fourth-order valence-electron chi connectivity index (χ4n) is 3.12. The second-order valence-electron chi connectivity index (χ2n) is 6.77. The lowest BCUT2D eigenvalue weighted by atomic mass is 10.1. The Morgan fingerprint density at radius 3 is 2.38 bits per heavy atom. The molecule has 0 atom stereocenters. The maximum atomic E-state index is 12.3. The fourth-order valence-corrected chi connectivity index (χ4v) is 3.12. The Hall–Kier alpha value is -2.49. The quantitative estimate of drug-likeness (QED) is 0.716. The first-order valence-electron chi connectivity index (χ1n) is 9.61. The molecule has 0 radical (unpaired) electrons. The van der Waals surface area contributed by atoms with Gasteiger partial charge in [0.2, 0.25) is 0 Å². The van der Waals surface area contributed by atoms with E-state index in [1.54, 1.807) is 0 Å². The Balaban J connectivity index is 1.48. The van der Waals surface area contributed by atoms with Crippen LogP contribution >= 0.6 is 0 Å². The highest BCUT2D eigenvalue weighted by molar-refractivity contribution is 5.94. The summed E-state index contributed by atoms with van der Waals surface area (Å²) in [6.45, 7) is 5.68. The lowest BCUT2D eigenvalue weighted by molar-refractivity contribution is 0.0951. The van der Waals surface area contributed by atoms with E-state index in [-0.39, 0.29) is 5.91 Å². The first-order valence-corrected chi connectivity index (χ1v) is 9.61. The van der Waals surface area contributed by atoms with Gasteiger partial charge >= 0.3 is 0 Å². The average Bonchev–Trinajstić information content (AvgIpc) is 3.22. The number of nitrogens with zero attached hydrogens (tertiary/aromatic N) is 1. The molecule has 1 aliphatic rings. The molecule has 1 aliphatic heterocycles. The molecular formula is C22H28N2O2. The second-order valence-corrected chi connectivity index (χ2v) is 6.77. The third kappa shape index (κ3) is 5.01. The molecule has 4 heteroatoms. The molecule has 0 aromatic heterocycles. The Kier molecular flexibility index (Phi) is 6.53. The van der Waals surface area contributed by atoms with Crippen LogP contribution in [0.5, 0.6) is 5.75 Å². The minimum atomic E-state index is -0.0614. The Labute approximate surface area is 156 Å². The molecular weight excluding hydrogens is 324 g/mol. The minimum Gasteiger partial charge on any atom is -0.494 e. The highest BCUT2D eigenvalue weighted by atomic mass is 16.5.